The molecule has 0 aliphatic rings. The fourth-order valence-electron chi connectivity index (χ4n) is 2.34. The molecule has 2 aromatic carbocycles. The molecule has 23 heavy (non-hydrogen) atoms. The van der Waals surface area contributed by atoms with Gasteiger partial charge >= 0.3 is 0 Å². The number of aromatic nitrogens is 4. The fraction of sp³-hybridized carbons (Fsp3) is 0. The van der Waals surface area contributed by atoms with E-state index >= 15 is 0 Å². The van der Waals surface area contributed by atoms with Crippen LogP contribution in [0.2, 0.25) is 0 Å². The molecule has 110 valence electrons. The van der Waals surface area contributed by atoms with Crippen LogP contribution in [-0.4, -0.2) is 20.2 Å². The summed E-state index contributed by atoms with van der Waals surface area (Å²) in [5.74, 6) is 0.525. The van der Waals surface area contributed by atoms with Gasteiger partial charge in [-0.15, -0.1) is 10.2 Å². The molecular formula is C18H11BrN4. The number of rotatable bonds is 2. The highest BCUT2D eigenvalue weighted by Gasteiger charge is 2.07. The Labute approximate surface area is 141 Å². The van der Waals surface area contributed by atoms with Gasteiger partial charge in [-0.2, -0.15) is 0 Å². The van der Waals surface area contributed by atoms with Crippen LogP contribution in [0, 0.1) is 0 Å². The second-order valence-electron chi connectivity index (χ2n) is 5.06. The molecule has 0 N–H and O–H groups in total. The Bertz CT molecular complexity index is 966. The van der Waals surface area contributed by atoms with E-state index in [1.54, 1.807) is 6.20 Å². The molecule has 5 heteroatoms. The van der Waals surface area contributed by atoms with Crippen LogP contribution in [0.1, 0.15) is 0 Å². The Morgan fingerprint density at radius 3 is 2.35 bits per heavy atom. The van der Waals surface area contributed by atoms with Gasteiger partial charge in [-0.3, -0.25) is 0 Å². The van der Waals surface area contributed by atoms with Crippen molar-refractivity contribution < 1.29 is 0 Å². The Morgan fingerprint density at radius 1 is 0.739 bits per heavy atom. The molecule has 0 aliphatic heterocycles. The van der Waals surface area contributed by atoms with Gasteiger partial charge < -0.3 is 0 Å². The van der Waals surface area contributed by atoms with E-state index in [0.717, 1.165) is 32.3 Å². The second kappa shape index (κ2) is 5.85. The summed E-state index contributed by atoms with van der Waals surface area (Å²) in [5, 5.41) is 9.58. The number of nitrogens with zero attached hydrogens (tertiary/aromatic N) is 4. The molecule has 0 fully saturated rings. The van der Waals surface area contributed by atoms with E-state index in [9.17, 15) is 0 Å². The number of hydrogen-bond acceptors (Lipinski definition) is 4. The first-order valence-corrected chi connectivity index (χ1v) is 7.91. The van der Waals surface area contributed by atoms with Gasteiger partial charge in [0, 0.05) is 15.4 Å². The van der Waals surface area contributed by atoms with Crippen molar-refractivity contribution in [1.29, 1.82) is 0 Å². The lowest BCUT2D eigenvalue weighted by atomic mass is 10.2. The van der Waals surface area contributed by atoms with Crippen molar-refractivity contribution in [1.82, 2.24) is 20.2 Å². The van der Waals surface area contributed by atoms with Crippen LogP contribution in [0.5, 0.6) is 0 Å². The lowest BCUT2D eigenvalue weighted by molar-refractivity contribution is 0.979. The van der Waals surface area contributed by atoms with Gasteiger partial charge in [-0.05, 0) is 24.3 Å². The number of fused-ring (bicyclic) bond motifs is 1. The van der Waals surface area contributed by atoms with Crippen molar-refractivity contribution in [2.24, 2.45) is 0 Å². The summed E-state index contributed by atoms with van der Waals surface area (Å²) >= 11 is 3.42. The minimum atomic E-state index is 0.525. The molecule has 0 spiro atoms. The molecule has 0 unspecified atom stereocenters. The third-order valence-corrected chi connectivity index (χ3v) is 4.06. The summed E-state index contributed by atoms with van der Waals surface area (Å²) in [7, 11) is 0. The highest BCUT2D eigenvalue weighted by Crippen LogP contribution is 2.21. The van der Waals surface area contributed by atoms with Crippen LogP contribution in [-0.2, 0) is 0 Å². The van der Waals surface area contributed by atoms with Gasteiger partial charge in [0.1, 0.15) is 11.4 Å². The van der Waals surface area contributed by atoms with E-state index < -0.39 is 0 Å². The summed E-state index contributed by atoms with van der Waals surface area (Å²) in [6.45, 7) is 0. The van der Waals surface area contributed by atoms with Gasteiger partial charge in [0.2, 0.25) is 0 Å². The number of para-hydroxylation sites is 1. The minimum Gasteiger partial charge on any atom is -0.244 e. The zero-order valence-corrected chi connectivity index (χ0v) is 13.6. The average Bonchev–Trinajstić information content (AvgIpc) is 2.62. The maximum atomic E-state index is 4.59. The van der Waals surface area contributed by atoms with Gasteiger partial charge in [0.05, 0.1) is 11.7 Å². The normalized spacial score (nSPS) is 10.8. The first kappa shape index (κ1) is 14.0. The van der Waals surface area contributed by atoms with Crippen LogP contribution in [0.3, 0.4) is 0 Å². The van der Waals surface area contributed by atoms with Crippen LogP contribution in [0.4, 0.5) is 0 Å². The van der Waals surface area contributed by atoms with Crippen molar-refractivity contribution in [3.63, 3.8) is 0 Å². The third kappa shape index (κ3) is 2.83. The second-order valence-corrected chi connectivity index (χ2v) is 5.98. The van der Waals surface area contributed by atoms with E-state index in [2.05, 4.69) is 36.1 Å². The number of hydrogen-bond donors (Lipinski definition) is 0. The first-order chi connectivity index (χ1) is 11.3. The highest BCUT2D eigenvalue weighted by molar-refractivity contribution is 9.10. The molecule has 0 radical (unpaired) electrons. The Morgan fingerprint density at radius 2 is 1.57 bits per heavy atom. The number of benzene rings is 2. The zero-order valence-electron chi connectivity index (χ0n) is 12.0. The molecule has 4 aromatic rings. The lowest BCUT2D eigenvalue weighted by Crippen LogP contribution is -1.96. The van der Waals surface area contributed by atoms with Crippen LogP contribution in [0.15, 0.2) is 71.3 Å². The maximum absolute atomic E-state index is 4.59. The molecule has 2 heterocycles. The van der Waals surface area contributed by atoms with Crippen LogP contribution < -0.4 is 0 Å². The van der Waals surface area contributed by atoms with E-state index in [4.69, 9.17) is 0 Å². The molecule has 0 bridgehead atoms. The summed E-state index contributed by atoms with van der Waals surface area (Å²) in [4.78, 5) is 8.99. The minimum absolute atomic E-state index is 0.525. The number of pyridine rings is 1. The SMILES string of the molecule is Brc1ccc(-c2cnc(-c3ccc4ccccc4n3)nn2)cc1. The molecule has 2 aromatic heterocycles. The quantitative estimate of drug-likeness (QED) is 0.526. The molecule has 4 nitrogen and oxygen atoms in total. The van der Waals surface area contributed by atoms with E-state index in [1.807, 2.05) is 60.7 Å². The molecular weight excluding hydrogens is 352 g/mol. The highest BCUT2D eigenvalue weighted by atomic mass is 79.9. The monoisotopic (exact) mass is 362 g/mol. The van der Waals surface area contributed by atoms with E-state index in [1.165, 1.54) is 0 Å². The molecule has 0 saturated heterocycles. The third-order valence-electron chi connectivity index (χ3n) is 3.53. The predicted octanol–water partition coefficient (Wildman–Crippen LogP) is 4.52. The molecule has 4 rings (SSSR count). The molecule has 0 saturated carbocycles. The van der Waals surface area contributed by atoms with Gasteiger partial charge in [-0.25, -0.2) is 9.97 Å². The fourth-order valence-corrected chi connectivity index (χ4v) is 2.60. The van der Waals surface area contributed by atoms with Crippen LogP contribution in [0.25, 0.3) is 33.7 Å². The first-order valence-electron chi connectivity index (χ1n) is 7.11. The van der Waals surface area contributed by atoms with Crippen molar-refractivity contribution in [2.75, 3.05) is 0 Å². The van der Waals surface area contributed by atoms with Crippen molar-refractivity contribution in [3.8, 4) is 22.8 Å². The zero-order chi connectivity index (χ0) is 15.6. The lowest BCUT2D eigenvalue weighted by Gasteiger charge is -2.03. The molecule has 0 atom stereocenters. The summed E-state index contributed by atoms with van der Waals surface area (Å²) in [6.07, 6.45) is 1.72. The Balaban J connectivity index is 1.70. The van der Waals surface area contributed by atoms with Crippen molar-refractivity contribution in [2.45, 2.75) is 0 Å². The van der Waals surface area contributed by atoms with Gasteiger partial charge in [0.25, 0.3) is 0 Å². The van der Waals surface area contributed by atoms with E-state index in [0.29, 0.717) is 5.82 Å². The molecule has 0 aliphatic carbocycles. The van der Waals surface area contributed by atoms with Crippen molar-refractivity contribution in [3.05, 3.63) is 71.3 Å². The summed E-state index contributed by atoms with van der Waals surface area (Å²) < 4.78 is 1.03. The Kier molecular flexibility index (Phi) is 3.55. The Hall–Kier alpha value is -2.66. The number of halogens is 1. The average molecular weight is 363 g/mol. The largest absolute Gasteiger partial charge is 0.244 e. The standard InChI is InChI=1S/C18H11BrN4/c19-14-8-5-13(6-9-14)17-11-20-18(23-22-17)16-10-7-12-3-1-2-4-15(12)21-16/h1-11H. The van der Waals surface area contributed by atoms with Gasteiger partial charge in [-0.1, -0.05) is 52.3 Å². The summed E-state index contributed by atoms with van der Waals surface area (Å²) in [5.41, 5.74) is 3.36. The van der Waals surface area contributed by atoms with Crippen molar-refractivity contribution >= 4 is 26.8 Å². The smallest absolute Gasteiger partial charge is 0.200 e. The topological polar surface area (TPSA) is 51.6 Å². The van der Waals surface area contributed by atoms with Gasteiger partial charge in [0.15, 0.2) is 5.82 Å². The molecule has 0 amide bonds. The summed E-state index contributed by atoms with van der Waals surface area (Å²) in [6, 6.07) is 19.8. The predicted molar refractivity (Wildman–Crippen MR) is 93.7 cm³/mol. The maximum Gasteiger partial charge on any atom is 0.200 e. The van der Waals surface area contributed by atoms with E-state index in [-0.39, 0.29) is 0 Å². The van der Waals surface area contributed by atoms with Crippen LogP contribution >= 0.6 is 15.9 Å².